The molecule has 4 bridgehead atoms. The van der Waals surface area contributed by atoms with Gasteiger partial charge in [-0.05, 0) is 10.8 Å². The van der Waals surface area contributed by atoms with Crippen molar-refractivity contribution in [1.29, 1.82) is 0 Å². The molecule has 0 radical (unpaired) electrons. The monoisotopic (exact) mass is 624 g/mol. The molecular weight excluding hydrogens is 595 g/mol. The van der Waals surface area contributed by atoms with Crippen LogP contribution in [-0.2, 0) is 24.2 Å². The van der Waals surface area contributed by atoms with E-state index < -0.39 is 0 Å². The van der Waals surface area contributed by atoms with Crippen LogP contribution in [0.2, 0.25) is 0 Å². The van der Waals surface area contributed by atoms with E-state index in [0.717, 1.165) is 30.1 Å². The third-order valence-electron chi connectivity index (χ3n) is 9.11. The second-order valence-electron chi connectivity index (χ2n) is 11.4. The van der Waals surface area contributed by atoms with Gasteiger partial charge in [0.1, 0.15) is 0 Å². The summed E-state index contributed by atoms with van der Waals surface area (Å²) >= 11 is 1.76. The summed E-state index contributed by atoms with van der Waals surface area (Å²) in [6.45, 7) is 0. The minimum atomic E-state index is 0. The number of halogens is 2. The van der Waals surface area contributed by atoms with Crippen molar-refractivity contribution in [1.82, 2.24) is 0 Å². The van der Waals surface area contributed by atoms with E-state index in [1.54, 1.807) is 56.3 Å². The van der Waals surface area contributed by atoms with Crippen LogP contribution in [0, 0.1) is 29.7 Å². The molecule has 39 heavy (non-hydrogen) atoms. The molecule has 0 saturated heterocycles. The maximum absolute atomic E-state index is 2.99. The Hall–Kier alpha value is -1.92. The predicted octanol–water partition coefficient (Wildman–Crippen LogP) is 3.49. The number of hydrogen-bond donors (Lipinski definition) is 0. The Balaban J connectivity index is 0.000000143. The van der Waals surface area contributed by atoms with Crippen LogP contribution in [0.5, 0.6) is 0 Å². The zero-order chi connectivity index (χ0) is 24.8. The molecule has 0 atom stereocenters. The third-order valence-corrected chi connectivity index (χ3v) is 11.1. The summed E-state index contributed by atoms with van der Waals surface area (Å²) in [5.74, 6) is 4.51. The van der Waals surface area contributed by atoms with E-state index >= 15 is 0 Å². The minimum absolute atomic E-state index is 0. The fourth-order valence-corrected chi connectivity index (χ4v) is 8.81. The van der Waals surface area contributed by atoms with Gasteiger partial charge in [-0.1, -0.05) is 77.5 Å². The minimum Gasteiger partial charge on any atom is -0.126 e. The van der Waals surface area contributed by atoms with Crippen molar-refractivity contribution >= 4 is 46.3 Å². The molecule has 5 aliphatic carbocycles. The second-order valence-corrected chi connectivity index (χ2v) is 12.8. The molecule has 0 spiro atoms. The first-order valence-corrected chi connectivity index (χ1v) is 15.2. The zero-order valence-electron chi connectivity index (χ0n) is 22.0. The van der Waals surface area contributed by atoms with Gasteiger partial charge in [-0.2, -0.15) is 6.08 Å². The quantitative estimate of drug-likeness (QED) is 0.183. The average molecular weight is 627 g/mol. The first-order chi connectivity index (χ1) is 18.3. The van der Waals surface area contributed by atoms with Crippen molar-refractivity contribution in [3.63, 3.8) is 0 Å². The molecule has 4 fully saturated rings. The Morgan fingerprint density at radius 2 is 1.18 bits per heavy atom. The van der Waals surface area contributed by atoms with E-state index in [-0.39, 0.29) is 24.8 Å². The standard InChI is InChI=1S/C21H13.C10H14.C5H5.2ClH.Zr/c1-2-8-15-14(7-1)13-20-18-11-4-3-9-16(18)17-10-5-6-12-19(17)21(15)20;1-7-2-9-4-8(1)5-10(3-7)6-9;1-2-4-5-3-1;;;/h1-13H;7-10H,1-5H2;1-3H,4H2;2*1H;/q-1;;-1;;;+2/p-2. The maximum atomic E-state index is 2.99. The molecule has 10 rings (SSSR count). The van der Waals surface area contributed by atoms with Crippen LogP contribution in [-0.4, -0.2) is 3.21 Å². The van der Waals surface area contributed by atoms with Gasteiger partial charge < -0.3 is 24.8 Å². The summed E-state index contributed by atoms with van der Waals surface area (Å²) in [6, 6.07) is 28.5. The normalized spacial score (nSPS) is 23.8. The molecule has 0 unspecified atom stereocenters. The molecule has 5 aliphatic rings. The van der Waals surface area contributed by atoms with Crippen LogP contribution in [0.4, 0.5) is 0 Å². The smallest absolute Gasteiger partial charge is 0.0255 e. The molecule has 5 aromatic carbocycles. The van der Waals surface area contributed by atoms with Crippen LogP contribution >= 0.6 is 0 Å². The summed E-state index contributed by atoms with van der Waals surface area (Å²) in [6.07, 6.45) is 17.9. The molecule has 196 valence electrons. The van der Waals surface area contributed by atoms with Gasteiger partial charge in [-0.3, -0.25) is 6.08 Å². The molecule has 0 amide bonds. The maximum Gasteiger partial charge on any atom is -0.0255 e. The van der Waals surface area contributed by atoms with Gasteiger partial charge in [-0.25, -0.2) is 12.2 Å². The van der Waals surface area contributed by atoms with Gasteiger partial charge in [0, 0.05) is 0 Å². The summed E-state index contributed by atoms with van der Waals surface area (Å²) in [5.41, 5.74) is 0. The topological polar surface area (TPSA) is 0 Å². The fraction of sp³-hybridized carbons (Fsp3) is 0.278. The van der Waals surface area contributed by atoms with Crippen molar-refractivity contribution in [2.24, 2.45) is 23.7 Å². The summed E-state index contributed by atoms with van der Waals surface area (Å²) in [4.78, 5) is 0. The van der Waals surface area contributed by atoms with E-state index in [1.165, 1.54) is 43.1 Å². The van der Waals surface area contributed by atoms with Crippen LogP contribution in [0.15, 0.2) is 97.1 Å². The average Bonchev–Trinajstić information content (AvgIpc) is 3.64. The first kappa shape index (κ1) is 28.6. The van der Waals surface area contributed by atoms with Gasteiger partial charge >= 0.3 is 83.2 Å². The molecular formula is C36H32Cl2Zr-2. The number of benzene rings is 4. The first-order valence-electron chi connectivity index (χ1n) is 13.9. The van der Waals surface area contributed by atoms with Crippen LogP contribution in [0.3, 0.4) is 0 Å². The van der Waals surface area contributed by atoms with E-state index in [2.05, 4.69) is 91.0 Å². The molecule has 0 nitrogen and oxygen atoms in total. The van der Waals surface area contributed by atoms with Crippen molar-refractivity contribution in [2.75, 3.05) is 0 Å². The predicted molar refractivity (Wildman–Crippen MR) is 156 cm³/mol. The van der Waals surface area contributed by atoms with E-state index in [0.29, 0.717) is 0 Å². The largest absolute Gasteiger partial charge is 0.126 e. The molecule has 0 aliphatic heterocycles. The van der Waals surface area contributed by atoms with E-state index in [4.69, 9.17) is 0 Å². The Labute approximate surface area is 259 Å². The number of hydrogen-bond acceptors (Lipinski definition) is 0. The number of allylic oxidation sites excluding steroid dienone is 4. The Kier molecular flexibility index (Phi) is 9.02. The molecule has 0 heterocycles. The number of rotatable bonds is 0. The van der Waals surface area contributed by atoms with Crippen molar-refractivity contribution < 1.29 is 49.0 Å². The molecule has 4 saturated carbocycles. The zero-order valence-corrected chi connectivity index (χ0v) is 26.0. The van der Waals surface area contributed by atoms with Crippen molar-refractivity contribution in [3.8, 4) is 0 Å². The van der Waals surface area contributed by atoms with Gasteiger partial charge in [0.2, 0.25) is 0 Å². The SMILES string of the molecule is [C-]1=CC=CC1.[Cl-].[Cl-].[Zr+2]=[C]1C2CC3CC(C2)CC1C3.c1ccc2c(c1)[cH-]c1c3ccccc3c3ccccc3c21. The second kappa shape index (κ2) is 12.3. The molecule has 0 N–H and O–H groups in total. The van der Waals surface area contributed by atoms with Crippen LogP contribution < -0.4 is 24.8 Å². The molecule has 3 heteroatoms. The molecule has 0 aromatic heterocycles. The van der Waals surface area contributed by atoms with Gasteiger partial charge in [0.25, 0.3) is 0 Å². The van der Waals surface area contributed by atoms with Crippen LogP contribution in [0.1, 0.15) is 38.5 Å². The Morgan fingerprint density at radius 1 is 0.641 bits per heavy atom. The summed E-state index contributed by atoms with van der Waals surface area (Å²) in [7, 11) is 0. The Bertz CT molecular complexity index is 1650. The van der Waals surface area contributed by atoms with Gasteiger partial charge in [-0.15, -0.1) is 40.1 Å². The van der Waals surface area contributed by atoms with Crippen molar-refractivity contribution in [2.45, 2.75) is 38.5 Å². The van der Waals surface area contributed by atoms with Crippen LogP contribution in [0.25, 0.3) is 43.1 Å². The van der Waals surface area contributed by atoms with Gasteiger partial charge in [0.05, 0.1) is 0 Å². The summed E-state index contributed by atoms with van der Waals surface area (Å²) < 4.78 is 1.96. The Morgan fingerprint density at radius 3 is 1.74 bits per heavy atom. The summed E-state index contributed by atoms with van der Waals surface area (Å²) in [5, 5.41) is 10.8. The van der Waals surface area contributed by atoms with Crippen molar-refractivity contribution in [3.05, 3.63) is 103 Å². The third kappa shape index (κ3) is 5.40. The van der Waals surface area contributed by atoms with E-state index in [1.807, 2.05) is 15.4 Å². The number of fused-ring (bicyclic) bond motifs is 8. The fourth-order valence-electron chi connectivity index (χ4n) is 7.65. The van der Waals surface area contributed by atoms with Gasteiger partial charge in [0.15, 0.2) is 0 Å². The van der Waals surface area contributed by atoms with E-state index in [9.17, 15) is 0 Å². The molecule has 5 aromatic rings.